The van der Waals surface area contributed by atoms with Gasteiger partial charge in [0.2, 0.25) is 0 Å². The normalized spacial score (nSPS) is 16.1. The molecule has 0 N–H and O–H groups in total. The van der Waals surface area contributed by atoms with Crippen LogP contribution in [0.5, 0.6) is 0 Å². The molecule has 0 radical (unpaired) electrons. The molecular formula is C24H16N6O. The van der Waals surface area contributed by atoms with Gasteiger partial charge in [-0.05, 0) is 31.5 Å². The molecule has 1 aromatic heterocycles. The molecule has 2 aromatic carbocycles. The maximum atomic E-state index is 9.73. The second-order valence-corrected chi connectivity index (χ2v) is 7.34. The van der Waals surface area contributed by atoms with E-state index in [1.165, 1.54) is 0 Å². The van der Waals surface area contributed by atoms with Crippen molar-refractivity contribution in [2.45, 2.75) is 19.4 Å². The molecule has 0 spiro atoms. The minimum absolute atomic E-state index is 0.0369. The van der Waals surface area contributed by atoms with Gasteiger partial charge < -0.3 is 4.74 Å². The van der Waals surface area contributed by atoms with Crippen molar-refractivity contribution in [3.05, 3.63) is 94.8 Å². The fourth-order valence-electron chi connectivity index (χ4n) is 3.57. The van der Waals surface area contributed by atoms with Crippen LogP contribution < -0.4 is 0 Å². The molecule has 1 aliphatic rings. The molecule has 2 heterocycles. The standard InChI is InChI=1S/C24H16N6O/c1-24(2)22(19(13-25)23(31-24)20(14-26)27-3)17-11-9-16(10-12-17)21-15-30(29-28-21)18-7-5-4-6-8-18/h4-12,15H,1-2H3/b23-20-. The molecule has 7 heteroatoms. The molecule has 0 bridgehead atoms. The first-order valence-corrected chi connectivity index (χ1v) is 9.43. The van der Waals surface area contributed by atoms with E-state index in [0.29, 0.717) is 11.3 Å². The van der Waals surface area contributed by atoms with Gasteiger partial charge in [0.1, 0.15) is 17.4 Å². The first-order chi connectivity index (χ1) is 15.0. The third-order valence-corrected chi connectivity index (χ3v) is 4.96. The highest BCUT2D eigenvalue weighted by Crippen LogP contribution is 2.45. The van der Waals surface area contributed by atoms with Crippen LogP contribution in [0.3, 0.4) is 0 Å². The van der Waals surface area contributed by atoms with E-state index in [0.717, 1.165) is 16.8 Å². The van der Waals surface area contributed by atoms with Crippen LogP contribution in [-0.4, -0.2) is 20.6 Å². The zero-order chi connectivity index (χ0) is 22.0. The number of allylic oxidation sites excluding steroid dienone is 2. The van der Waals surface area contributed by atoms with E-state index in [4.69, 9.17) is 11.3 Å². The Balaban J connectivity index is 1.73. The molecular weight excluding hydrogens is 388 g/mol. The van der Waals surface area contributed by atoms with Crippen LogP contribution >= 0.6 is 0 Å². The fourth-order valence-corrected chi connectivity index (χ4v) is 3.57. The van der Waals surface area contributed by atoms with Gasteiger partial charge in [-0.25, -0.2) is 14.8 Å². The fraction of sp³-hybridized carbons (Fsp3) is 0.125. The number of para-hydroxylation sites is 1. The lowest BCUT2D eigenvalue weighted by Crippen LogP contribution is -2.20. The van der Waals surface area contributed by atoms with Crippen molar-refractivity contribution in [2.24, 2.45) is 0 Å². The summed E-state index contributed by atoms with van der Waals surface area (Å²) in [5.41, 5.74) is 3.04. The Morgan fingerprint density at radius 2 is 1.74 bits per heavy atom. The minimum Gasteiger partial charge on any atom is -0.492 e. The van der Waals surface area contributed by atoms with Crippen LogP contribution in [0.15, 0.2) is 77.8 Å². The number of nitrogens with zero attached hydrogens (tertiary/aromatic N) is 6. The molecule has 3 aromatic rings. The van der Waals surface area contributed by atoms with Gasteiger partial charge in [-0.3, -0.25) is 0 Å². The summed E-state index contributed by atoms with van der Waals surface area (Å²) in [6.07, 6.45) is 1.85. The van der Waals surface area contributed by atoms with E-state index in [2.05, 4.69) is 21.2 Å². The van der Waals surface area contributed by atoms with Gasteiger partial charge >= 0.3 is 5.70 Å². The third-order valence-electron chi connectivity index (χ3n) is 4.96. The van der Waals surface area contributed by atoms with Crippen LogP contribution in [0.2, 0.25) is 0 Å². The molecule has 0 unspecified atom stereocenters. The second kappa shape index (κ2) is 7.63. The highest BCUT2D eigenvalue weighted by molar-refractivity contribution is 5.84. The summed E-state index contributed by atoms with van der Waals surface area (Å²) in [5.74, 6) is 0.0369. The molecule has 0 aliphatic carbocycles. The first-order valence-electron chi connectivity index (χ1n) is 9.43. The number of aromatic nitrogens is 3. The number of hydrogen-bond donors (Lipinski definition) is 0. The zero-order valence-electron chi connectivity index (χ0n) is 16.9. The highest BCUT2D eigenvalue weighted by Gasteiger charge is 2.40. The molecule has 0 atom stereocenters. The smallest absolute Gasteiger partial charge is 0.304 e. The molecule has 7 nitrogen and oxygen atoms in total. The number of hydrogen-bond acceptors (Lipinski definition) is 5. The molecule has 0 fully saturated rings. The summed E-state index contributed by atoms with van der Waals surface area (Å²) in [6, 6.07) is 21.2. The average Bonchev–Trinajstić information content (AvgIpc) is 3.38. The molecule has 31 heavy (non-hydrogen) atoms. The van der Waals surface area contributed by atoms with Gasteiger partial charge in [-0.1, -0.05) is 47.7 Å². The van der Waals surface area contributed by atoms with Crippen molar-refractivity contribution in [1.82, 2.24) is 15.0 Å². The second-order valence-electron chi connectivity index (χ2n) is 7.34. The predicted octanol–water partition coefficient (Wildman–Crippen LogP) is 4.67. The molecule has 148 valence electrons. The Morgan fingerprint density at radius 3 is 2.35 bits per heavy atom. The van der Waals surface area contributed by atoms with Gasteiger partial charge in [0.15, 0.2) is 5.76 Å². The Kier molecular flexibility index (Phi) is 4.83. The number of rotatable bonds is 3. The first kappa shape index (κ1) is 19.6. The Bertz CT molecular complexity index is 1320. The topological polar surface area (TPSA) is 91.9 Å². The third kappa shape index (κ3) is 3.44. The van der Waals surface area contributed by atoms with Gasteiger partial charge in [-0.2, -0.15) is 5.26 Å². The van der Waals surface area contributed by atoms with Crippen molar-refractivity contribution in [3.63, 3.8) is 0 Å². The summed E-state index contributed by atoms with van der Waals surface area (Å²) in [5, 5.41) is 27.4. The largest absolute Gasteiger partial charge is 0.492 e. The number of benzene rings is 2. The van der Waals surface area contributed by atoms with Crippen molar-refractivity contribution in [1.29, 1.82) is 10.5 Å². The molecule has 0 saturated heterocycles. The summed E-state index contributed by atoms with van der Waals surface area (Å²) in [6.45, 7) is 10.8. The lowest BCUT2D eigenvalue weighted by atomic mass is 9.88. The highest BCUT2D eigenvalue weighted by atomic mass is 16.5. The van der Waals surface area contributed by atoms with Gasteiger partial charge in [0.25, 0.3) is 0 Å². The van der Waals surface area contributed by atoms with Crippen LogP contribution in [0.1, 0.15) is 19.4 Å². The number of ether oxygens (including phenoxy) is 1. The van der Waals surface area contributed by atoms with Gasteiger partial charge in [0, 0.05) is 11.1 Å². The lowest BCUT2D eigenvalue weighted by molar-refractivity contribution is 0.109. The van der Waals surface area contributed by atoms with Crippen molar-refractivity contribution in [2.75, 3.05) is 0 Å². The van der Waals surface area contributed by atoms with E-state index in [-0.39, 0.29) is 17.0 Å². The van der Waals surface area contributed by atoms with E-state index < -0.39 is 5.60 Å². The maximum absolute atomic E-state index is 9.73. The zero-order valence-corrected chi connectivity index (χ0v) is 16.9. The van der Waals surface area contributed by atoms with E-state index in [1.807, 2.05) is 80.7 Å². The quantitative estimate of drug-likeness (QED) is 0.467. The Labute approximate surface area is 179 Å². The average molecular weight is 404 g/mol. The summed E-state index contributed by atoms with van der Waals surface area (Å²) >= 11 is 0. The lowest BCUT2D eigenvalue weighted by Gasteiger charge is -2.23. The van der Waals surface area contributed by atoms with Gasteiger partial charge in [-0.15, -0.1) is 5.10 Å². The molecule has 0 saturated carbocycles. The Hall–Kier alpha value is -4.67. The predicted molar refractivity (Wildman–Crippen MR) is 114 cm³/mol. The van der Waals surface area contributed by atoms with Crippen LogP contribution in [0, 0.1) is 29.2 Å². The van der Waals surface area contributed by atoms with Crippen LogP contribution in [-0.2, 0) is 4.74 Å². The Morgan fingerprint density at radius 1 is 1.06 bits per heavy atom. The molecule has 4 rings (SSSR count). The molecule has 1 aliphatic heterocycles. The number of nitriles is 2. The van der Waals surface area contributed by atoms with E-state index >= 15 is 0 Å². The van der Waals surface area contributed by atoms with Crippen LogP contribution in [0.4, 0.5) is 0 Å². The van der Waals surface area contributed by atoms with Crippen molar-refractivity contribution >= 4 is 5.57 Å². The molecule has 0 amide bonds. The van der Waals surface area contributed by atoms with Crippen molar-refractivity contribution in [3.8, 4) is 29.1 Å². The SMILES string of the molecule is [C-]#[N+]/C(C#N)=C1\OC(C)(C)C(c2ccc(-c3cn(-c4ccccc4)nn3)cc2)=C1C#N. The van der Waals surface area contributed by atoms with Crippen molar-refractivity contribution < 1.29 is 4.74 Å². The van der Waals surface area contributed by atoms with E-state index in [1.54, 1.807) is 4.68 Å². The van der Waals surface area contributed by atoms with E-state index in [9.17, 15) is 10.5 Å². The summed E-state index contributed by atoms with van der Waals surface area (Å²) in [4.78, 5) is 3.20. The monoisotopic (exact) mass is 404 g/mol. The minimum atomic E-state index is -0.856. The maximum Gasteiger partial charge on any atom is 0.304 e. The van der Waals surface area contributed by atoms with Gasteiger partial charge in [0.05, 0.1) is 30.1 Å². The summed E-state index contributed by atoms with van der Waals surface area (Å²) in [7, 11) is 0. The van der Waals surface area contributed by atoms with Crippen LogP contribution in [0.25, 0.3) is 27.4 Å². The summed E-state index contributed by atoms with van der Waals surface area (Å²) < 4.78 is 7.56.